The Morgan fingerprint density at radius 3 is 2.50 bits per heavy atom. The zero-order valence-corrected chi connectivity index (χ0v) is 18.7. The van der Waals surface area contributed by atoms with Gasteiger partial charge in [-0.15, -0.1) is 0 Å². The zero-order valence-electron chi connectivity index (χ0n) is 18.7. The van der Waals surface area contributed by atoms with E-state index in [1.165, 1.54) is 6.08 Å². The van der Waals surface area contributed by atoms with Crippen LogP contribution in [0.15, 0.2) is 11.6 Å². The molecule has 0 aromatic rings. The van der Waals surface area contributed by atoms with Crippen molar-refractivity contribution in [1.82, 2.24) is 0 Å². The second kappa shape index (κ2) is 7.29. The van der Waals surface area contributed by atoms with Crippen LogP contribution in [0.25, 0.3) is 0 Å². The summed E-state index contributed by atoms with van der Waals surface area (Å²) in [5.41, 5.74) is -3.15. The molecule has 4 aliphatic carbocycles. The van der Waals surface area contributed by atoms with E-state index in [-0.39, 0.29) is 31.0 Å². The summed E-state index contributed by atoms with van der Waals surface area (Å²) in [6.07, 6.45) is 2.95. The van der Waals surface area contributed by atoms with Gasteiger partial charge in [0, 0.05) is 30.6 Å². The lowest BCUT2D eigenvalue weighted by molar-refractivity contribution is -0.246. The molecule has 0 aromatic carbocycles. The van der Waals surface area contributed by atoms with E-state index in [0.717, 1.165) is 6.92 Å². The molecule has 0 heterocycles. The van der Waals surface area contributed by atoms with Crippen molar-refractivity contribution in [2.24, 2.45) is 28.6 Å². The molecule has 0 aromatic heterocycles. The van der Waals surface area contributed by atoms with E-state index in [4.69, 9.17) is 4.74 Å². The summed E-state index contributed by atoms with van der Waals surface area (Å²) in [4.78, 5) is 48.3. The summed E-state index contributed by atoms with van der Waals surface area (Å²) in [5, 5.41) is 19.5. The van der Waals surface area contributed by atoms with Gasteiger partial charge in [0.15, 0.2) is 23.5 Å². The van der Waals surface area contributed by atoms with Gasteiger partial charge >= 0.3 is 5.97 Å². The Morgan fingerprint density at radius 1 is 1.19 bits per heavy atom. The number of halogens is 1. The second-order valence-electron chi connectivity index (χ2n) is 10.8. The Morgan fingerprint density at radius 2 is 1.88 bits per heavy atom. The standard InChI is InChI=1S/C24H31FO7/c1-21-11-19(32-20(29)23(3,30)31)24(25)16(15(21)6-7-17(21)18(28)12-26)5-4-13-10-14(27)8-9-22(13,24)2/h10,12,15-17,19,30-31H,4-9,11H2,1-3H3/t15-,16-,17+,19-,21-,22-,24-/m0/s1. The van der Waals surface area contributed by atoms with E-state index >= 15 is 4.39 Å². The topological polar surface area (TPSA) is 118 Å². The molecular weight excluding hydrogens is 419 g/mol. The molecule has 3 fully saturated rings. The molecule has 7 nitrogen and oxygen atoms in total. The minimum atomic E-state index is -2.80. The van der Waals surface area contributed by atoms with Crippen LogP contribution < -0.4 is 0 Å². The minimum Gasteiger partial charge on any atom is -0.455 e. The molecule has 0 amide bonds. The maximum atomic E-state index is 17.5. The van der Waals surface area contributed by atoms with E-state index in [1.54, 1.807) is 6.92 Å². The fourth-order valence-electron chi connectivity index (χ4n) is 7.45. The summed E-state index contributed by atoms with van der Waals surface area (Å²) in [7, 11) is 0. The average Bonchev–Trinajstić information content (AvgIpc) is 3.05. The number of carbonyl (C=O) groups excluding carboxylic acids is 4. The maximum absolute atomic E-state index is 17.5. The summed E-state index contributed by atoms with van der Waals surface area (Å²) in [6.45, 7) is 4.47. The van der Waals surface area contributed by atoms with Gasteiger partial charge in [0.1, 0.15) is 6.10 Å². The van der Waals surface area contributed by atoms with Crippen molar-refractivity contribution in [2.45, 2.75) is 83.3 Å². The van der Waals surface area contributed by atoms with Crippen molar-refractivity contribution in [3.05, 3.63) is 11.6 Å². The Hall–Kier alpha value is -1.93. The van der Waals surface area contributed by atoms with Gasteiger partial charge in [0.25, 0.3) is 5.79 Å². The van der Waals surface area contributed by atoms with Crippen LogP contribution in [0.5, 0.6) is 0 Å². The highest BCUT2D eigenvalue weighted by Crippen LogP contribution is 2.70. The molecule has 2 N–H and O–H groups in total. The normalized spacial score (nSPS) is 43.4. The lowest BCUT2D eigenvalue weighted by atomic mass is 9.44. The molecule has 0 aliphatic heterocycles. The van der Waals surface area contributed by atoms with E-state index in [0.29, 0.717) is 37.5 Å². The fraction of sp³-hybridized carbons (Fsp3) is 0.750. The number of aldehydes is 1. The summed E-state index contributed by atoms with van der Waals surface area (Å²) in [6, 6.07) is 0. The summed E-state index contributed by atoms with van der Waals surface area (Å²) < 4.78 is 23.0. The van der Waals surface area contributed by atoms with Crippen LogP contribution in [0.1, 0.15) is 65.7 Å². The molecule has 8 heteroatoms. The summed E-state index contributed by atoms with van der Waals surface area (Å²) in [5.74, 6) is -6.08. The number of rotatable bonds is 4. The van der Waals surface area contributed by atoms with Gasteiger partial charge in [-0.05, 0) is 55.9 Å². The monoisotopic (exact) mass is 450 g/mol. The van der Waals surface area contributed by atoms with Gasteiger partial charge in [-0.2, -0.15) is 0 Å². The lowest BCUT2D eigenvalue weighted by Crippen LogP contribution is -2.68. The highest BCUT2D eigenvalue weighted by atomic mass is 19.1. The van der Waals surface area contributed by atoms with Crippen LogP contribution >= 0.6 is 0 Å². The number of aliphatic hydroxyl groups is 2. The molecule has 4 aliphatic rings. The number of allylic oxidation sites excluding steroid dienone is 1. The number of Topliss-reactive ketones (excluding diaryl/α,β-unsaturated/α-hetero) is 1. The SMILES string of the molecule is CC(O)(O)C(=O)O[C@H]1C[C@]2(C)[C@@H](C(=O)C=O)CC[C@H]2[C@@H]2CCC3=CC(=O)CC[C@]3(C)[C@@]12F. The van der Waals surface area contributed by atoms with Crippen LogP contribution in [0.3, 0.4) is 0 Å². The van der Waals surface area contributed by atoms with Crippen molar-refractivity contribution >= 4 is 23.8 Å². The molecule has 3 saturated carbocycles. The predicted molar refractivity (Wildman–Crippen MR) is 110 cm³/mol. The summed E-state index contributed by atoms with van der Waals surface area (Å²) >= 11 is 0. The fourth-order valence-corrected chi connectivity index (χ4v) is 7.45. The van der Waals surface area contributed by atoms with Crippen LogP contribution in [-0.4, -0.2) is 51.6 Å². The van der Waals surface area contributed by atoms with E-state index in [9.17, 15) is 29.4 Å². The first-order valence-electron chi connectivity index (χ1n) is 11.4. The molecule has 0 unspecified atom stereocenters. The molecule has 0 spiro atoms. The third kappa shape index (κ3) is 3.05. The number of fused-ring (bicyclic) bond motifs is 5. The first-order chi connectivity index (χ1) is 14.8. The smallest absolute Gasteiger partial charge is 0.366 e. The van der Waals surface area contributed by atoms with Crippen LogP contribution in [0.2, 0.25) is 0 Å². The van der Waals surface area contributed by atoms with Gasteiger partial charge in [0.2, 0.25) is 0 Å². The number of esters is 1. The Labute approximate surface area is 186 Å². The van der Waals surface area contributed by atoms with E-state index in [2.05, 4.69) is 0 Å². The van der Waals surface area contributed by atoms with Crippen LogP contribution in [0.4, 0.5) is 4.39 Å². The number of hydrogen-bond acceptors (Lipinski definition) is 7. The van der Waals surface area contributed by atoms with Gasteiger partial charge in [-0.1, -0.05) is 19.4 Å². The van der Waals surface area contributed by atoms with Crippen LogP contribution in [-0.2, 0) is 23.9 Å². The number of carbonyl (C=O) groups is 4. The molecule has 0 bridgehead atoms. The minimum absolute atomic E-state index is 0.00640. The third-order valence-corrected chi connectivity index (χ3v) is 9.11. The number of alkyl halides is 1. The quantitative estimate of drug-likeness (QED) is 0.292. The number of ketones is 2. The van der Waals surface area contributed by atoms with E-state index in [1.807, 2.05) is 6.92 Å². The highest BCUT2D eigenvalue weighted by Gasteiger charge is 2.72. The van der Waals surface area contributed by atoms with Gasteiger partial charge in [0.05, 0.1) is 0 Å². The molecule has 0 saturated heterocycles. The molecule has 0 radical (unpaired) electrons. The number of hydrogen-bond donors (Lipinski definition) is 2. The van der Waals surface area contributed by atoms with Gasteiger partial charge < -0.3 is 14.9 Å². The van der Waals surface area contributed by atoms with E-state index < -0.39 is 52.0 Å². The lowest BCUT2D eigenvalue weighted by Gasteiger charge is -2.63. The molecule has 32 heavy (non-hydrogen) atoms. The molecule has 7 atom stereocenters. The maximum Gasteiger partial charge on any atom is 0.366 e. The van der Waals surface area contributed by atoms with Gasteiger partial charge in [-0.25, -0.2) is 9.18 Å². The Balaban J connectivity index is 1.83. The van der Waals surface area contributed by atoms with Crippen molar-refractivity contribution in [3.8, 4) is 0 Å². The van der Waals surface area contributed by atoms with Crippen molar-refractivity contribution in [3.63, 3.8) is 0 Å². The van der Waals surface area contributed by atoms with Crippen molar-refractivity contribution in [1.29, 1.82) is 0 Å². The van der Waals surface area contributed by atoms with Crippen LogP contribution in [0, 0.1) is 28.6 Å². The molecular formula is C24H31FO7. The highest BCUT2D eigenvalue weighted by molar-refractivity contribution is 6.26. The third-order valence-electron chi connectivity index (χ3n) is 9.11. The number of ether oxygens (including phenoxy) is 1. The molecule has 4 rings (SSSR count). The van der Waals surface area contributed by atoms with Crippen molar-refractivity contribution < 1.29 is 38.5 Å². The Bertz CT molecular complexity index is 905. The first kappa shape index (κ1) is 23.2. The van der Waals surface area contributed by atoms with Crippen molar-refractivity contribution in [2.75, 3.05) is 0 Å². The largest absolute Gasteiger partial charge is 0.455 e. The van der Waals surface area contributed by atoms with Gasteiger partial charge in [-0.3, -0.25) is 14.4 Å². The average molecular weight is 451 g/mol. The Kier molecular flexibility index (Phi) is 5.29. The second-order valence-corrected chi connectivity index (χ2v) is 10.8. The first-order valence-corrected chi connectivity index (χ1v) is 11.4. The molecule has 176 valence electrons. The zero-order chi connectivity index (χ0) is 23.7. The predicted octanol–water partition coefficient (Wildman–Crippen LogP) is 2.22.